The predicted molar refractivity (Wildman–Crippen MR) is 47.0 cm³/mol. The van der Waals surface area contributed by atoms with E-state index in [4.69, 9.17) is 25.3 Å². The number of aliphatic hydroxyl groups excluding tert-OH is 1. The molecule has 0 aliphatic rings. The third-order valence-electron chi connectivity index (χ3n) is 0.938. The molecular formula is C3H6N4O12. The maximum atomic E-state index is 9.66. The van der Waals surface area contributed by atoms with Gasteiger partial charge in [0, 0.05) is 4.94 Å². The Morgan fingerprint density at radius 3 is 1.58 bits per heavy atom. The molecule has 0 fully saturated rings. The summed E-state index contributed by atoms with van der Waals surface area (Å²) in [5, 5.41) is 40.2. The van der Waals surface area contributed by atoms with Gasteiger partial charge in [-0.3, -0.25) is 0 Å². The van der Waals surface area contributed by atoms with Crippen molar-refractivity contribution < 1.29 is 40.1 Å². The highest BCUT2D eigenvalue weighted by Gasteiger charge is 2.13. The molecule has 0 aromatic carbocycles. The molecule has 0 heterocycles. The Labute approximate surface area is 101 Å². The minimum absolute atomic E-state index is 0.676. The first kappa shape index (κ1) is 18.3. The molecule has 0 amide bonds. The third-order valence-corrected chi connectivity index (χ3v) is 0.938. The summed E-state index contributed by atoms with van der Waals surface area (Å²) in [6, 6.07) is 0. The van der Waals surface area contributed by atoms with Crippen LogP contribution in [0.3, 0.4) is 0 Å². The normalized spacial score (nSPS) is 10.2. The van der Waals surface area contributed by atoms with Gasteiger partial charge in [0.05, 0.1) is 6.61 Å². The van der Waals surface area contributed by atoms with Crippen LogP contribution in [0.5, 0.6) is 0 Å². The molecule has 0 bridgehead atoms. The van der Waals surface area contributed by atoms with Crippen LogP contribution in [0.1, 0.15) is 0 Å². The van der Waals surface area contributed by atoms with Gasteiger partial charge in [0.2, 0.25) is 0 Å². The number of aliphatic hydroxyl groups is 1. The Kier molecular flexibility index (Phi) is 9.78. The summed E-state index contributed by atoms with van der Waals surface area (Å²) < 4.78 is 0. The second-order valence-corrected chi connectivity index (χ2v) is 2.18. The Bertz CT molecular complexity index is 317. The average molecular weight is 290 g/mol. The van der Waals surface area contributed by atoms with Crippen molar-refractivity contribution in [2.45, 2.75) is 6.10 Å². The van der Waals surface area contributed by atoms with Gasteiger partial charge in [0.25, 0.3) is 10.2 Å². The predicted octanol–water partition coefficient (Wildman–Crippen LogP) is -1.85. The monoisotopic (exact) mass is 290 g/mol. The SMILES string of the molecule is O=[N+]([O-])OCC(CO)O[N+](=O)[O-].O=[N+]([O-])O[N+](=O)[O-]. The van der Waals surface area contributed by atoms with Crippen molar-refractivity contribution >= 4 is 0 Å². The second kappa shape index (κ2) is 10.1. The fourth-order valence-corrected chi connectivity index (χ4v) is 0.437. The van der Waals surface area contributed by atoms with Gasteiger partial charge in [-0.05, 0) is 0 Å². The molecule has 1 atom stereocenters. The van der Waals surface area contributed by atoms with E-state index in [-0.39, 0.29) is 0 Å². The molecule has 0 aliphatic carbocycles. The number of nitrogens with zero attached hydrogens (tertiary/aromatic N) is 4. The molecule has 110 valence electrons. The van der Waals surface area contributed by atoms with Crippen molar-refractivity contribution in [1.29, 1.82) is 0 Å². The van der Waals surface area contributed by atoms with Crippen LogP contribution in [0.25, 0.3) is 0 Å². The summed E-state index contributed by atoms with van der Waals surface area (Å²) in [5.74, 6) is 0. The van der Waals surface area contributed by atoms with E-state index in [1.165, 1.54) is 0 Å². The number of rotatable bonds is 8. The van der Waals surface area contributed by atoms with Crippen LogP contribution in [0.2, 0.25) is 0 Å². The number of hydrogen-bond acceptors (Lipinski definition) is 12. The fraction of sp³-hybridized carbons (Fsp3) is 1.00. The molecule has 1 unspecified atom stereocenters. The summed E-state index contributed by atoms with van der Waals surface area (Å²) in [6.45, 7) is -1.40. The number of hydrogen-bond donors (Lipinski definition) is 1. The first-order chi connectivity index (χ1) is 8.68. The van der Waals surface area contributed by atoms with Crippen LogP contribution in [-0.2, 0) is 14.6 Å². The third kappa shape index (κ3) is 17.6. The van der Waals surface area contributed by atoms with E-state index in [9.17, 15) is 20.2 Å². The molecule has 0 aromatic rings. The molecule has 0 rings (SSSR count). The van der Waals surface area contributed by atoms with E-state index in [1.807, 2.05) is 0 Å². The van der Waals surface area contributed by atoms with Crippen LogP contribution in [-0.4, -0.2) is 44.8 Å². The molecule has 0 radical (unpaired) electrons. The van der Waals surface area contributed by atoms with Crippen molar-refractivity contribution in [1.82, 2.24) is 0 Å². The molecule has 16 nitrogen and oxygen atoms in total. The van der Waals surface area contributed by atoms with Gasteiger partial charge in [-0.15, -0.1) is 40.5 Å². The smallest absolute Gasteiger partial charge is 0.356 e. The van der Waals surface area contributed by atoms with Gasteiger partial charge >= 0.3 is 10.2 Å². The molecule has 0 spiro atoms. The molecule has 19 heavy (non-hydrogen) atoms. The van der Waals surface area contributed by atoms with Crippen molar-refractivity contribution in [3.8, 4) is 0 Å². The fourth-order valence-electron chi connectivity index (χ4n) is 0.437. The summed E-state index contributed by atoms with van der Waals surface area (Å²) in [7, 11) is 0. The minimum Gasteiger partial charge on any atom is -0.394 e. The zero-order valence-corrected chi connectivity index (χ0v) is 8.72. The van der Waals surface area contributed by atoms with Gasteiger partial charge in [-0.1, -0.05) is 0 Å². The van der Waals surface area contributed by atoms with Gasteiger partial charge in [0.1, 0.15) is 6.61 Å². The van der Waals surface area contributed by atoms with Crippen molar-refractivity contribution in [3.63, 3.8) is 0 Å². The van der Waals surface area contributed by atoms with E-state index in [0.717, 1.165) is 0 Å². The average Bonchev–Trinajstić information content (AvgIpc) is 2.22. The van der Waals surface area contributed by atoms with Gasteiger partial charge < -0.3 is 14.8 Å². The van der Waals surface area contributed by atoms with Crippen molar-refractivity contribution in [2.75, 3.05) is 13.2 Å². The minimum atomic E-state index is -1.50. The molecule has 0 saturated heterocycles. The van der Waals surface area contributed by atoms with Gasteiger partial charge in [-0.25, -0.2) is 0 Å². The van der Waals surface area contributed by atoms with Crippen molar-refractivity contribution in [3.05, 3.63) is 40.5 Å². The molecule has 16 heteroatoms. The van der Waals surface area contributed by atoms with Crippen molar-refractivity contribution in [2.24, 2.45) is 0 Å². The van der Waals surface area contributed by atoms with Crippen LogP contribution in [0, 0.1) is 40.5 Å². The maximum Gasteiger partial charge on any atom is 0.356 e. The standard InChI is InChI=1S/C3H6N2O7.N2O5/c6-1-3(12-5(9)10)2-11-4(7)8;3-1(4)7-2(5)6/h3,6H,1-2H2;. The van der Waals surface area contributed by atoms with E-state index in [1.54, 1.807) is 0 Å². The van der Waals surface area contributed by atoms with E-state index in [2.05, 4.69) is 14.6 Å². The largest absolute Gasteiger partial charge is 0.394 e. The zero-order valence-electron chi connectivity index (χ0n) is 8.72. The second-order valence-electron chi connectivity index (χ2n) is 2.18. The summed E-state index contributed by atoms with van der Waals surface area (Å²) >= 11 is 0. The molecule has 0 aromatic heterocycles. The summed E-state index contributed by atoms with van der Waals surface area (Å²) in [6.07, 6.45) is -1.33. The maximum absolute atomic E-state index is 9.66. The van der Waals surface area contributed by atoms with E-state index in [0.29, 0.717) is 0 Å². The zero-order chi connectivity index (χ0) is 15.4. The van der Waals surface area contributed by atoms with Crippen LogP contribution >= 0.6 is 0 Å². The first-order valence-electron chi connectivity index (χ1n) is 3.85. The lowest BCUT2D eigenvalue weighted by atomic mass is 10.4. The topological polar surface area (TPSA) is 220 Å². The van der Waals surface area contributed by atoms with E-state index < -0.39 is 39.7 Å². The lowest BCUT2D eigenvalue weighted by molar-refractivity contribution is -1.03. The Hall–Kier alpha value is -3.04. The molecule has 1 N–H and O–H groups in total. The quantitative estimate of drug-likeness (QED) is 0.384. The lowest BCUT2D eigenvalue weighted by Gasteiger charge is -2.08. The molecule has 0 saturated carbocycles. The Morgan fingerprint density at radius 2 is 1.37 bits per heavy atom. The van der Waals surface area contributed by atoms with Crippen LogP contribution < -0.4 is 0 Å². The van der Waals surface area contributed by atoms with Crippen LogP contribution in [0.4, 0.5) is 0 Å². The lowest BCUT2D eigenvalue weighted by Crippen LogP contribution is -2.27. The highest BCUT2D eigenvalue weighted by Crippen LogP contribution is 1.92. The van der Waals surface area contributed by atoms with Gasteiger partial charge in [-0.2, -0.15) is 0 Å². The first-order valence-corrected chi connectivity index (χ1v) is 3.85. The summed E-state index contributed by atoms with van der Waals surface area (Å²) in [4.78, 5) is 47.4. The Morgan fingerprint density at radius 1 is 0.895 bits per heavy atom. The Balaban J connectivity index is 0. The summed E-state index contributed by atoms with van der Waals surface area (Å²) in [5.41, 5.74) is 0. The van der Waals surface area contributed by atoms with E-state index >= 15 is 0 Å². The highest BCUT2D eigenvalue weighted by molar-refractivity contribution is 4.48. The van der Waals surface area contributed by atoms with Crippen LogP contribution in [0.15, 0.2) is 0 Å². The molecular weight excluding hydrogens is 284 g/mol. The highest BCUT2D eigenvalue weighted by atomic mass is 17.1. The molecule has 0 aliphatic heterocycles. The van der Waals surface area contributed by atoms with Gasteiger partial charge in [0.15, 0.2) is 6.10 Å².